The Hall–Kier alpha value is -1.09. The number of piperidine rings is 1. The van der Waals surface area contributed by atoms with E-state index in [1.165, 1.54) is 37.7 Å². The maximum atomic E-state index is 4.60. The van der Waals surface area contributed by atoms with Gasteiger partial charge in [-0.15, -0.1) is 0 Å². The zero-order valence-corrected chi connectivity index (χ0v) is 13.0. The van der Waals surface area contributed by atoms with E-state index in [1.807, 2.05) is 6.20 Å². The van der Waals surface area contributed by atoms with Crippen molar-refractivity contribution in [2.45, 2.75) is 69.9 Å². The summed E-state index contributed by atoms with van der Waals surface area (Å²) in [4.78, 5) is 4.60. The smallest absolute Gasteiger partial charge is 0.126 e. The Kier molecular flexibility index (Phi) is 3.49. The van der Waals surface area contributed by atoms with Gasteiger partial charge in [-0.05, 0) is 55.7 Å². The molecule has 1 atom stereocenters. The first kappa shape index (κ1) is 13.9. The van der Waals surface area contributed by atoms with Gasteiger partial charge in [-0.1, -0.05) is 26.8 Å². The van der Waals surface area contributed by atoms with Crippen LogP contribution in [0.15, 0.2) is 18.3 Å². The molecule has 1 aliphatic heterocycles. The fourth-order valence-corrected chi connectivity index (χ4v) is 3.40. The Morgan fingerprint density at radius 2 is 2.10 bits per heavy atom. The number of rotatable bonds is 2. The number of aromatic nitrogens is 1. The van der Waals surface area contributed by atoms with Crippen LogP contribution in [0, 0.1) is 0 Å². The number of hydrogen-bond acceptors (Lipinski definition) is 3. The minimum Gasteiger partial charge on any atom is -0.367 e. The van der Waals surface area contributed by atoms with E-state index in [4.69, 9.17) is 0 Å². The average molecular weight is 273 g/mol. The van der Waals surface area contributed by atoms with Gasteiger partial charge in [0.05, 0.1) is 0 Å². The number of anilines is 1. The van der Waals surface area contributed by atoms with Crippen LogP contribution in [-0.2, 0) is 5.41 Å². The molecule has 20 heavy (non-hydrogen) atoms. The Balaban J connectivity index is 1.63. The lowest BCUT2D eigenvalue weighted by Gasteiger charge is -2.48. The Bertz CT molecular complexity index is 454. The quantitative estimate of drug-likeness (QED) is 0.866. The van der Waals surface area contributed by atoms with Gasteiger partial charge >= 0.3 is 0 Å². The van der Waals surface area contributed by atoms with Crippen molar-refractivity contribution in [3.05, 3.63) is 23.9 Å². The summed E-state index contributed by atoms with van der Waals surface area (Å²) in [6.45, 7) is 7.82. The van der Waals surface area contributed by atoms with Crippen LogP contribution in [0.25, 0.3) is 0 Å². The summed E-state index contributed by atoms with van der Waals surface area (Å²) < 4.78 is 0. The van der Waals surface area contributed by atoms with Crippen molar-refractivity contribution in [2.75, 3.05) is 11.9 Å². The zero-order valence-electron chi connectivity index (χ0n) is 13.0. The molecule has 2 N–H and O–H groups in total. The first-order valence-corrected chi connectivity index (χ1v) is 7.95. The SMILES string of the molecule is CC(C)(C)c1ccc(NC2CCNC3(CCC3)C2)nc1. The van der Waals surface area contributed by atoms with Gasteiger partial charge in [0.25, 0.3) is 0 Å². The second-order valence-electron chi connectivity index (χ2n) is 7.58. The molecule has 1 aromatic rings. The summed E-state index contributed by atoms with van der Waals surface area (Å²) in [5.41, 5.74) is 1.92. The lowest BCUT2D eigenvalue weighted by Crippen LogP contribution is -2.58. The van der Waals surface area contributed by atoms with Gasteiger partial charge in [-0.3, -0.25) is 0 Å². The van der Waals surface area contributed by atoms with Gasteiger partial charge in [0.1, 0.15) is 5.82 Å². The van der Waals surface area contributed by atoms with E-state index < -0.39 is 0 Å². The molecule has 0 bridgehead atoms. The van der Waals surface area contributed by atoms with Crippen LogP contribution < -0.4 is 10.6 Å². The lowest BCUT2D eigenvalue weighted by molar-refractivity contribution is 0.135. The third-order valence-electron chi connectivity index (χ3n) is 4.92. The van der Waals surface area contributed by atoms with Gasteiger partial charge < -0.3 is 10.6 Å². The normalized spacial score (nSPS) is 25.2. The number of nitrogens with zero attached hydrogens (tertiary/aromatic N) is 1. The van der Waals surface area contributed by atoms with Crippen molar-refractivity contribution in [3.8, 4) is 0 Å². The molecule has 1 unspecified atom stereocenters. The molecule has 3 heteroatoms. The van der Waals surface area contributed by atoms with Gasteiger partial charge in [0.15, 0.2) is 0 Å². The van der Waals surface area contributed by atoms with Crippen molar-refractivity contribution in [1.29, 1.82) is 0 Å². The molecular formula is C17H27N3. The van der Waals surface area contributed by atoms with Crippen LogP contribution in [-0.4, -0.2) is 23.1 Å². The molecule has 0 aromatic carbocycles. The molecule has 3 nitrogen and oxygen atoms in total. The van der Waals surface area contributed by atoms with Gasteiger partial charge in [0.2, 0.25) is 0 Å². The number of nitrogens with one attached hydrogen (secondary N) is 2. The summed E-state index contributed by atoms with van der Waals surface area (Å²) in [5, 5.41) is 7.35. The zero-order chi connectivity index (χ0) is 14.2. The van der Waals surface area contributed by atoms with E-state index >= 15 is 0 Å². The Morgan fingerprint density at radius 1 is 1.30 bits per heavy atom. The second kappa shape index (κ2) is 5.03. The average Bonchev–Trinajstić information content (AvgIpc) is 2.37. The van der Waals surface area contributed by atoms with Crippen molar-refractivity contribution in [1.82, 2.24) is 10.3 Å². The predicted molar refractivity (Wildman–Crippen MR) is 84.2 cm³/mol. The van der Waals surface area contributed by atoms with E-state index in [9.17, 15) is 0 Å². The molecule has 1 aliphatic carbocycles. The summed E-state index contributed by atoms with van der Waals surface area (Å²) in [5.74, 6) is 1.03. The van der Waals surface area contributed by atoms with Crippen molar-refractivity contribution in [2.24, 2.45) is 0 Å². The van der Waals surface area contributed by atoms with Crippen LogP contribution in [0.5, 0.6) is 0 Å². The van der Waals surface area contributed by atoms with E-state index in [0.717, 1.165) is 12.4 Å². The van der Waals surface area contributed by atoms with E-state index in [1.54, 1.807) is 0 Å². The lowest BCUT2D eigenvalue weighted by atomic mass is 9.70. The van der Waals surface area contributed by atoms with Gasteiger partial charge in [-0.2, -0.15) is 0 Å². The van der Waals surface area contributed by atoms with Crippen LogP contribution in [0.1, 0.15) is 58.4 Å². The first-order valence-electron chi connectivity index (χ1n) is 7.95. The third kappa shape index (κ3) is 2.83. The van der Waals surface area contributed by atoms with E-state index in [-0.39, 0.29) is 5.41 Å². The highest BCUT2D eigenvalue weighted by atomic mass is 15.1. The monoisotopic (exact) mass is 273 g/mol. The second-order valence-corrected chi connectivity index (χ2v) is 7.58. The van der Waals surface area contributed by atoms with Crippen LogP contribution in [0.4, 0.5) is 5.82 Å². The number of hydrogen-bond donors (Lipinski definition) is 2. The maximum Gasteiger partial charge on any atom is 0.126 e. The summed E-state index contributed by atoms with van der Waals surface area (Å²) >= 11 is 0. The molecule has 3 rings (SSSR count). The highest BCUT2D eigenvalue weighted by Gasteiger charge is 2.40. The highest BCUT2D eigenvalue weighted by Crippen LogP contribution is 2.38. The van der Waals surface area contributed by atoms with E-state index in [2.05, 4.69) is 48.5 Å². The predicted octanol–water partition coefficient (Wildman–Crippen LogP) is 3.47. The molecule has 1 saturated heterocycles. The third-order valence-corrected chi connectivity index (χ3v) is 4.92. The molecule has 2 heterocycles. The molecule has 0 amide bonds. The minimum absolute atomic E-state index is 0.177. The van der Waals surface area contributed by atoms with E-state index in [0.29, 0.717) is 11.6 Å². The van der Waals surface area contributed by atoms with Gasteiger partial charge in [0, 0.05) is 17.8 Å². The van der Waals surface area contributed by atoms with Crippen molar-refractivity contribution in [3.63, 3.8) is 0 Å². The van der Waals surface area contributed by atoms with Crippen LogP contribution in [0.2, 0.25) is 0 Å². The highest BCUT2D eigenvalue weighted by molar-refractivity contribution is 5.38. The summed E-state index contributed by atoms with van der Waals surface area (Å²) in [7, 11) is 0. The van der Waals surface area contributed by atoms with Crippen molar-refractivity contribution >= 4 is 5.82 Å². The van der Waals surface area contributed by atoms with Crippen LogP contribution >= 0.6 is 0 Å². The Labute approximate surface area is 122 Å². The fourth-order valence-electron chi connectivity index (χ4n) is 3.40. The standard InChI is InChI=1S/C17H27N3/c1-16(2,3)13-5-6-15(18-12-13)20-14-7-10-19-17(11-14)8-4-9-17/h5-6,12,14,19H,4,7-11H2,1-3H3,(H,18,20). The molecule has 110 valence electrons. The van der Waals surface area contributed by atoms with Gasteiger partial charge in [-0.25, -0.2) is 4.98 Å². The number of pyridine rings is 1. The fraction of sp³-hybridized carbons (Fsp3) is 0.706. The minimum atomic E-state index is 0.177. The molecule has 1 spiro atoms. The topological polar surface area (TPSA) is 37.0 Å². The molecule has 2 fully saturated rings. The molecule has 0 radical (unpaired) electrons. The molecule has 2 aliphatic rings. The molecular weight excluding hydrogens is 246 g/mol. The van der Waals surface area contributed by atoms with Crippen LogP contribution in [0.3, 0.4) is 0 Å². The largest absolute Gasteiger partial charge is 0.367 e. The Morgan fingerprint density at radius 3 is 2.65 bits per heavy atom. The summed E-state index contributed by atoms with van der Waals surface area (Å²) in [6, 6.07) is 4.91. The maximum absolute atomic E-state index is 4.60. The first-order chi connectivity index (χ1) is 9.47. The molecule has 1 aromatic heterocycles. The molecule has 1 saturated carbocycles. The van der Waals surface area contributed by atoms with Crippen molar-refractivity contribution < 1.29 is 0 Å². The summed E-state index contributed by atoms with van der Waals surface area (Å²) in [6.07, 6.45) is 8.55.